The van der Waals surface area contributed by atoms with E-state index in [2.05, 4.69) is 239 Å². The quantitative estimate of drug-likeness (QED) is 0.0966. The molecule has 0 amide bonds. The highest BCUT2D eigenvalue weighted by atomic mass is 15.0. The van der Waals surface area contributed by atoms with Crippen molar-refractivity contribution in [1.82, 2.24) is 13.7 Å². The number of allylic oxidation sites excluding steroid dienone is 6. The van der Waals surface area contributed by atoms with E-state index >= 15 is 0 Å². The fourth-order valence-corrected chi connectivity index (χ4v) is 10.4. The molecule has 3 heterocycles. The van der Waals surface area contributed by atoms with Crippen LogP contribution in [0.1, 0.15) is 38.3 Å². The number of amidine groups is 1. The molecule has 1 aliphatic rings. The third-order valence-corrected chi connectivity index (χ3v) is 13.5. The maximum Gasteiger partial charge on any atom is 0.131 e. The van der Waals surface area contributed by atoms with Gasteiger partial charge >= 0.3 is 0 Å². The highest BCUT2D eigenvalue weighted by molar-refractivity contribution is 6.26. The SMILES string of the molecule is C=CC.CC.NC(=N/C(=C1/C=CC=CC1)c1ccccc1)c1ccc(-n2c3ccc(-c4ccc5c(c4)c4ccccc4n5-c4ccccc4)cc3c3c2ccc2c4ccccc4n(-c4ccccc4)c23)cc1. The molecule has 0 fully saturated rings. The van der Waals surface area contributed by atoms with Gasteiger partial charge in [0, 0.05) is 60.5 Å². The number of hydrogen-bond donors (Lipinski definition) is 1. The van der Waals surface area contributed by atoms with Gasteiger partial charge in [-0.1, -0.05) is 166 Å². The molecule has 348 valence electrons. The maximum atomic E-state index is 6.89. The molecule has 0 aliphatic heterocycles. The van der Waals surface area contributed by atoms with Crippen LogP contribution in [0.25, 0.3) is 99.3 Å². The zero-order valence-electron chi connectivity index (χ0n) is 40.9. The van der Waals surface area contributed by atoms with Crippen molar-refractivity contribution in [3.63, 3.8) is 0 Å². The van der Waals surface area contributed by atoms with Crippen molar-refractivity contribution < 1.29 is 0 Å². The lowest BCUT2D eigenvalue weighted by atomic mass is 10.00. The third kappa shape index (κ3) is 7.91. The first-order valence-corrected chi connectivity index (χ1v) is 24.9. The lowest BCUT2D eigenvalue weighted by molar-refractivity contribution is 1.17. The third-order valence-electron chi connectivity index (χ3n) is 13.5. The summed E-state index contributed by atoms with van der Waals surface area (Å²) in [5.41, 5.74) is 23.5. The average Bonchev–Trinajstić information content (AvgIpc) is 4.09. The predicted molar refractivity (Wildman–Crippen MR) is 309 cm³/mol. The van der Waals surface area contributed by atoms with Crippen LogP contribution in [-0.4, -0.2) is 19.5 Å². The van der Waals surface area contributed by atoms with E-state index in [1.54, 1.807) is 6.08 Å². The number of para-hydroxylation sites is 4. The zero-order valence-corrected chi connectivity index (χ0v) is 40.9. The summed E-state index contributed by atoms with van der Waals surface area (Å²) >= 11 is 0. The van der Waals surface area contributed by atoms with Crippen LogP contribution in [0, 0.1) is 0 Å². The van der Waals surface area contributed by atoms with Crippen LogP contribution < -0.4 is 5.73 Å². The normalized spacial score (nSPS) is 13.1. The van der Waals surface area contributed by atoms with E-state index in [0.29, 0.717) is 5.84 Å². The molecule has 0 bridgehead atoms. The minimum atomic E-state index is 0.477. The lowest BCUT2D eigenvalue weighted by Crippen LogP contribution is -2.14. The van der Waals surface area contributed by atoms with Crippen molar-refractivity contribution in [3.05, 3.63) is 266 Å². The maximum absolute atomic E-state index is 6.89. The molecule has 72 heavy (non-hydrogen) atoms. The summed E-state index contributed by atoms with van der Waals surface area (Å²) in [6.45, 7) is 9.25. The van der Waals surface area contributed by atoms with Gasteiger partial charge in [0.1, 0.15) is 5.84 Å². The lowest BCUT2D eigenvalue weighted by Gasteiger charge is -2.12. The molecule has 2 N–H and O–H groups in total. The summed E-state index contributed by atoms with van der Waals surface area (Å²) in [7, 11) is 0. The van der Waals surface area contributed by atoms with E-state index in [1.165, 1.54) is 59.9 Å². The minimum Gasteiger partial charge on any atom is -0.383 e. The van der Waals surface area contributed by atoms with E-state index in [-0.39, 0.29) is 0 Å². The van der Waals surface area contributed by atoms with Crippen LogP contribution in [0.4, 0.5) is 0 Å². The van der Waals surface area contributed by atoms with Gasteiger partial charge in [0.15, 0.2) is 0 Å². The number of aliphatic imine (C=N–C) groups is 1. The highest BCUT2D eigenvalue weighted by Crippen LogP contribution is 2.44. The molecule has 3 aromatic heterocycles. The molecule has 5 heteroatoms. The molecule has 0 saturated heterocycles. The number of hydrogen-bond acceptors (Lipinski definition) is 1. The Labute approximate surface area is 420 Å². The molecule has 0 saturated carbocycles. The van der Waals surface area contributed by atoms with Gasteiger partial charge in [0.2, 0.25) is 0 Å². The molecular weight excluding hydrogens is 875 g/mol. The van der Waals surface area contributed by atoms with Crippen molar-refractivity contribution in [3.8, 4) is 28.2 Å². The Balaban J connectivity index is 0.00000108. The highest BCUT2D eigenvalue weighted by Gasteiger charge is 2.22. The van der Waals surface area contributed by atoms with Gasteiger partial charge in [-0.2, -0.15) is 0 Å². The summed E-state index contributed by atoms with van der Waals surface area (Å²) < 4.78 is 7.23. The molecular formula is C67H55N5. The largest absolute Gasteiger partial charge is 0.383 e. The number of nitrogens with zero attached hydrogens (tertiary/aromatic N) is 4. The van der Waals surface area contributed by atoms with Crippen molar-refractivity contribution in [2.45, 2.75) is 27.2 Å². The summed E-state index contributed by atoms with van der Waals surface area (Å²) in [6, 6.07) is 76.3. The second-order valence-corrected chi connectivity index (χ2v) is 17.7. The molecule has 0 radical (unpaired) electrons. The van der Waals surface area contributed by atoms with Crippen LogP contribution in [0.15, 0.2) is 260 Å². The molecule has 0 atom stereocenters. The zero-order chi connectivity index (χ0) is 49.1. The van der Waals surface area contributed by atoms with Crippen LogP contribution in [0.5, 0.6) is 0 Å². The first-order valence-electron chi connectivity index (χ1n) is 24.9. The summed E-state index contributed by atoms with van der Waals surface area (Å²) in [4.78, 5) is 5.10. The Kier molecular flexibility index (Phi) is 12.4. The Hall–Kier alpha value is -9.19. The Bertz CT molecular complexity index is 4080. The second-order valence-electron chi connectivity index (χ2n) is 17.7. The first-order chi connectivity index (χ1) is 35.6. The van der Waals surface area contributed by atoms with Gasteiger partial charge in [-0.15, -0.1) is 6.58 Å². The number of benzene rings is 9. The van der Waals surface area contributed by atoms with E-state index in [4.69, 9.17) is 10.7 Å². The van der Waals surface area contributed by atoms with Gasteiger partial charge in [-0.25, -0.2) is 4.99 Å². The molecule has 13 rings (SSSR count). The summed E-state index contributed by atoms with van der Waals surface area (Å²) in [5.74, 6) is 0.477. The Morgan fingerprint density at radius 2 is 0.958 bits per heavy atom. The van der Waals surface area contributed by atoms with Gasteiger partial charge in [0.25, 0.3) is 0 Å². The fourth-order valence-electron chi connectivity index (χ4n) is 10.4. The number of nitrogens with two attached hydrogens (primary N) is 1. The van der Waals surface area contributed by atoms with Gasteiger partial charge in [0.05, 0.1) is 38.8 Å². The first kappa shape index (κ1) is 45.3. The van der Waals surface area contributed by atoms with E-state index in [1.807, 2.05) is 39.0 Å². The molecule has 1 aliphatic carbocycles. The van der Waals surface area contributed by atoms with Crippen LogP contribution in [0.3, 0.4) is 0 Å². The molecule has 12 aromatic rings. The van der Waals surface area contributed by atoms with Gasteiger partial charge < -0.3 is 19.4 Å². The second kappa shape index (κ2) is 19.7. The Morgan fingerprint density at radius 1 is 0.472 bits per heavy atom. The van der Waals surface area contributed by atoms with Crippen LogP contribution in [0.2, 0.25) is 0 Å². The van der Waals surface area contributed by atoms with Crippen molar-refractivity contribution in [2.75, 3.05) is 0 Å². The fraction of sp³-hybridized carbons (Fsp3) is 0.0597. The predicted octanol–water partition coefficient (Wildman–Crippen LogP) is 17.5. The van der Waals surface area contributed by atoms with E-state index in [0.717, 1.165) is 62.5 Å². The molecule has 9 aromatic carbocycles. The van der Waals surface area contributed by atoms with Gasteiger partial charge in [-0.05, 0) is 121 Å². The van der Waals surface area contributed by atoms with Crippen molar-refractivity contribution >= 4 is 77.0 Å². The van der Waals surface area contributed by atoms with Gasteiger partial charge in [-0.3, -0.25) is 0 Å². The minimum absolute atomic E-state index is 0.477. The standard InChI is InChI=1S/C62H43N5.C3H6.C2H6/c63-62(64-60(41-17-5-1-6-18-41)42-19-7-2-8-20-42)43-29-33-48(34-30-43)66-57-37-32-45(44-31-36-56-52(39-44)50-26-14-15-27-54(50)65(56)46-21-9-3-10-22-46)40-53(57)59-58(66)38-35-51-49-25-13-16-28-55(49)67(61(51)59)47-23-11-4-12-24-47;1-3-2;1-2/h1-19,21-40H,20H2,(H2,63,64);3H,1H2,2H3;1-2H3/b60-42-;;. The van der Waals surface area contributed by atoms with Crippen molar-refractivity contribution in [2.24, 2.45) is 10.7 Å². The monoisotopic (exact) mass is 929 g/mol. The smallest absolute Gasteiger partial charge is 0.131 e. The topological polar surface area (TPSA) is 53.2 Å². The van der Waals surface area contributed by atoms with E-state index in [9.17, 15) is 0 Å². The summed E-state index contributed by atoms with van der Waals surface area (Å²) in [5, 5.41) is 7.30. The van der Waals surface area contributed by atoms with E-state index < -0.39 is 0 Å². The van der Waals surface area contributed by atoms with Crippen LogP contribution in [-0.2, 0) is 0 Å². The number of aromatic nitrogens is 3. The molecule has 0 unspecified atom stereocenters. The average molecular weight is 930 g/mol. The van der Waals surface area contributed by atoms with Crippen LogP contribution >= 0.6 is 0 Å². The number of fused-ring (bicyclic) bond motifs is 10. The molecule has 0 spiro atoms. The van der Waals surface area contributed by atoms with Crippen molar-refractivity contribution in [1.29, 1.82) is 0 Å². The number of rotatable bonds is 7. The molecule has 5 nitrogen and oxygen atoms in total. The Morgan fingerprint density at radius 3 is 1.58 bits per heavy atom. The summed E-state index contributed by atoms with van der Waals surface area (Å²) in [6.07, 6.45) is 11.0.